The van der Waals surface area contributed by atoms with Crippen molar-refractivity contribution < 1.29 is 19.1 Å². The molecule has 0 bridgehead atoms. The third-order valence-corrected chi connectivity index (χ3v) is 7.15. The van der Waals surface area contributed by atoms with E-state index in [1.807, 2.05) is 77.7 Å². The minimum Gasteiger partial charge on any atom is -0.484 e. The number of likely N-dealkylation sites (tertiary alicyclic amines) is 1. The molecule has 0 N–H and O–H groups in total. The average molecular weight is 517 g/mol. The summed E-state index contributed by atoms with van der Waals surface area (Å²) in [5.74, 6) is 1.81. The molecule has 2 heterocycles. The lowest BCUT2D eigenvalue weighted by molar-refractivity contribution is -0.132. The van der Waals surface area contributed by atoms with Gasteiger partial charge in [-0.15, -0.1) is 0 Å². The number of carbonyl (C=O) groups is 2. The second kappa shape index (κ2) is 11.0. The van der Waals surface area contributed by atoms with Crippen LogP contribution in [-0.2, 0) is 9.59 Å². The first-order chi connectivity index (χ1) is 17.6. The number of rotatable bonds is 7. The van der Waals surface area contributed by atoms with Gasteiger partial charge in [-0.25, -0.2) is 0 Å². The summed E-state index contributed by atoms with van der Waals surface area (Å²) in [4.78, 5) is 29.3. The molecule has 8 heteroatoms. The van der Waals surface area contributed by atoms with Gasteiger partial charge in [-0.2, -0.15) is 0 Å². The summed E-state index contributed by atoms with van der Waals surface area (Å²) in [5.41, 5.74) is 1.48. The van der Waals surface area contributed by atoms with Crippen LogP contribution in [0, 0.1) is 0 Å². The lowest BCUT2D eigenvalue weighted by atomic mass is 10.2. The fraction of sp³-hybridized carbons (Fsp3) is 0.179. The minimum absolute atomic E-state index is 0.000962. The lowest BCUT2D eigenvalue weighted by Gasteiger charge is -2.15. The van der Waals surface area contributed by atoms with Gasteiger partial charge in [0.05, 0.1) is 10.6 Å². The highest BCUT2D eigenvalue weighted by Crippen LogP contribution is 2.37. The molecular formula is C28H24N2O4S2. The second-order valence-electron chi connectivity index (χ2n) is 8.38. The minimum atomic E-state index is -0.183. The maximum Gasteiger partial charge on any atom is 0.270 e. The van der Waals surface area contributed by atoms with E-state index in [4.69, 9.17) is 21.7 Å². The highest BCUT2D eigenvalue weighted by atomic mass is 32.2. The zero-order chi connectivity index (χ0) is 24.9. The molecule has 6 nitrogen and oxygen atoms in total. The predicted octanol–water partition coefficient (Wildman–Crippen LogP) is 5.89. The van der Waals surface area contributed by atoms with Crippen LogP contribution in [0.4, 0.5) is 5.69 Å². The molecule has 0 atom stereocenters. The fourth-order valence-electron chi connectivity index (χ4n) is 4.03. The molecular weight excluding hydrogens is 492 g/mol. The van der Waals surface area contributed by atoms with Crippen molar-refractivity contribution >= 4 is 51.9 Å². The molecule has 0 radical (unpaired) electrons. The van der Waals surface area contributed by atoms with Crippen molar-refractivity contribution in [3.8, 4) is 17.2 Å². The Morgan fingerprint density at radius 1 is 0.917 bits per heavy atom. The molecule has 0 aromatic heterocycles. The lowest BCUT2D eigenvalue weighted by Crippen LogP contribution is -2.32. The summed E-state index contributed by atoms with van der Waals surface area (Å²) >= 11 is 6.76. The van der Waals surface area contributed by atoms with E-state index in [0.29, 0.717) is 26.4 Å². The normalized spacial score (nSPS) is 16.6. The Morgan fingerprint density at radius 2 is 1.61 bits per heavy atom. The Labute approximate surface area is 219 Å². The van der Waals surface area contributed by atoms with Crippen molar-refractivity contribution in [1.82, 2.24) is 4.90 Å². The SMILES string of the molecule is O=C(COc1cccc(/C=C2\SC(=S)N(c3ccc(Oc4ccccc4)cc3)C2=O)c1)N1CCCC1. The van der Waals surface area contributed by atoms with Crippen molar-refractivity contribution in [1.29, 1.82) is 0 Å². The van der Waals surface area contributed by atoms with Crippen molar-refractivity contribution in [3.63, 3.8) is 0 Å². The number of ether oxygens (including phenoxy) is 2. The quantitative estimate of drug-likeness (QED) is 0.289. The molecule has 182 valence electrons. The monoisotopic (exact) mass is 516 g/mol. The van der Waals surface area contributed by atoms with E-state index in [-0.39, 0.29) is 18.4 Å². The molecule has 3 aromatic rings. The molecule has 0 unspecified atom stereocenters. The van der Waals surface area contributed by atoms with E-state index in [0.717, 1.165) is 37.2 Å². The van der Waals surface area contributed by atoms with E-state index in [2.05, 4.69) is 0 Å². The van der Waals surface area contributed by atoms with Gasteiger partial charge in [-0.05, 0) is 73.0 Å². The number of nitrogens with zero attached hydrogens (tertiary/aromatic N) is 2. The first kappa shape index (κ1) is 24.1. The molecule has 2 aliphatic heterocycles. The molecule has 0 aliphatic carbocycles. The number of hydrogen-bond acceptors (Lipinski definition) is 6. The molecule has 2 aliphatic rings. The van der Waals surface area contributed by atoms with Crippen LogP contribution in [0.5, 0.6) is 17.2 Å². The van der Waals surface area contributed by atoms with Gasteiger partial charge in [0, 0.05) is 13.1 Å². The van der Waals surface area contributed by atoms with E-state index in [1.54, 1.807) is 12.1 Å². The molecule has 2 amide bonds. The van der Waals surface area contributed by atoms with Crippen LogP contribution >= 0.6 is 24.0 Å². The van der Waals surface area contributed by atoms with Crippen LogP contribution in [0.15, 0.2) is 83.8 Å². The molecule has 2 saturated heterocycles. The van der Waals surface area contributed by atoms with Crippen LogP contribution in [-0.4, -0.2) is 40.7 Å². The predicted molar refractivity (Wildman–Crippen MR) is 146 cm³/mol. The third kappa shape index (κ3) is 5.61. The zero-order valence-electron chi connectivity index (χ0n) is 19.5. The highest BCUT2D eigenvalue weighted by molar-refractivity contribution is 8.27. The maximum atomic E-state index is 13.2. The molecule has 2 fully saturated rings. The van der Waals surface area contributed by atoms with Crippen LogP contribution in [0.3, 0.4) is 0 Å². The van der Waals surface area contributed by atoms with Crippen molar-refractivity contribution in [2.45, 2.75) is 12.8 Å². The maximum absolute atomic E-state index is 13.2. The molecule has 3 aromatic carbocycles. The molecule has 36 heavy (non-hydrogen) atoms. The van der Waals surface area contributed by atoms with Crippen LogP contribution in [0.25, 0.3) is 6.08 Å². The summed E-state index contributed by atoms with van der Waals surface area (Å²) < 4.78 is 12.0. The number of anilines is 1. The van der Waals surface area contributed by atoms with Crippen LogP contribution in [0.2, 0.25) is 0 Å². The molecule has 0 spiro atoms. The van der Waals surface area contributed by atoms with Gasteiger partial charge >= 0.3 is 0 Å². The van der Waals surface area contributed by atoms with Gasteiger partial charge in [-0.3, -0.25) is 14.5 Å². The van der Waals surface area contributed by atoms with Crippen LogP contribution in [0.1, 0.15) is 18.4 Å². The Balaban J connectivity index is 1.25. The number of amides is 2. The van der Waals surface area contributed by atoms with E-state index >= 15 is 0 Å². The van der Waals surface area contributed by atoms with Gasteiger partial charge in [0.1, 0.15) is 17.2 Å². The smallest absolute Gasteiger partial charge is 0.270 e. The number of hydrogen-bond donors (Lipinski definition) is 0. The standard InChI is InChI=1S/C28H24N2O4S2/c31-26(29-15-4-5-16-29)19-33-24-10-6-7-20(17-24)18-25-27(32)30(28(35)36-25)21-11-13-23(14-12-21)34-22-8-2-1-3-9-22/h1-3,6-14,17-18H,4-5,15-16,19H2/b25-18-. The highest BCUT2D eigenvalue weighted by Gasteiger charge is 2.33. The van der Waals surface area contributed by atoms with Crippen LogP contribution < -0.4 is 14.4 Å². The average Bonchev–Trinajstić information content (AvgIpc) is 3.53. The fourth-order valence-corrected chi connectivity index (χ4v) is 5.33. The summed E-state index contributed by atoms with van der Waals surface area (Å²) in [7, 11) is 0. The van der Waals surface area contributed by atoms with Gasteiger partial charge in [-0.1, -0.05) is 54.3 Å². The third-order valence-electron chi connectivity index (χ3n) is 5.84. The van der Waals surface area contributed by atoms with Gasteiger partial charge in [0.2, 0.25) is 0 Å². The Morgan fingerprint density at radius 3 is 2.36 bits per heavy atom. The van der Waals surface area contributed by atoms with Crippen molar-refractivity contribution in [2.75, 3.05) is 24.6 Å². The second-order valence-corrected chi connectivity index (χ2v) is 10.1. The number of thioether (sulfide) groups is 1. The summed E-state index contributed by atoms with van der Waals surface area (Å²) in [6.07, 6.45) is 3.89. The van der Waals surface area contributed by atoms with Crippen molar-refractivity contribution in [2.24, 2.45) is 0 Å². The number of thiocarbonyl (C=S) groups is 1. The molecule has 5 rings (SSSR count). The summed E-state index contributed by atoms with van der Waals surface area (Å²) in [6, 6.07) is 24.1. The number of para-hydroxylation sites is 1. The Kier molecular flexibility index (Phi) is 7.34. The largest absolute Gasteiger partial charge is 0.484 e. The Bertz CT molecular complexity index is 1300. The van der Waals surface area contributed by atoms with Gasteiger partial charge in [0.15, 0.2) is 10.9 Å². The number of benzene rings is 3. The molecule has 0 saturated carbocycles. The first-order valence-corrected chi connectivity index (χ1v) is 12.9. The zero-order valence-corrected chi connectivity index (χ0v) is 21.1. The number of carbonyl (C=O) groups excluding carboxylic acids is 2. The topological polar surface area (TPSA) is 59.1 Å². The van der Waals surface area contributed by atoms with Crippen molar-refractivity contribution in [3.05, 3.63) is 89.3 Å². The van der Waals surface area contributed by atoms with E-state index < -0.39 is 0 Å². The summed E-state index contributed by atoms with van der Waals surface area (Å²) in [6.45, 7) is 1.61. The first-order valence-electron chi connectivity index (χ1n) is 11.7. The summed E-state index contributed by atoms with van der Waals surface area (Å²) in [5, 5.41) is 0. The van der Waals surface area contributed by atoms with Gasteiger partial charge in [0.25, 0.3) is 11.8 Å². The van der Waals surface area contributed by atoms with Gasteiger partial charge < -0.3 is 14.4 Å². The van der Waals surface area contributed by atoms with E-state index in [1.165, 1.54) is 16.7 Å². The van der Waals surface area contributed by atoms with E-state index in [9.17, 15) is 9.59 Å². The Hall–Kier alpha value is -3.62.